The Morgan fingerprint density at radius 3 is 2.35 bits per heavy atom. The predicted octanol–water partition coefficient (Wildman–Crippen LogP) is 6.30. The van der Waals surface area contributed by atoms with Gasteiger partial charge in [0.15, 0.2) is 11.6 Å². The number of alkyl halides is 3. The van der Waals surface area contributed by atoms with E-state index in [-0.39, 0.29) is 29.2 Å². The van der Waals surface area contributed by atoms with Crippen molar-refractivity contribution in [2.75, 3.05) is 5.32 Å². The molecule has 0 atom stereocenters. The lowest BCUT2D eigenvalue weighted by Gasteiger charge is -2.12. The van der Waals surface area contributed by atoms with Gasteiger partial charge in [-0.15, -0.1) is 0 Å². The largest absolute Gasteiger partial charge is 0.505 e. The molecule has 0 aliphatic heterocycles. The molecule has 2 N–H and O–H groups in total. The molecular formula is C22H12F7N3O2. The molecule has 0 saturated heterocycles. The first-order valence-electron chi connectivity index (χ1n) is 9.45. The van der Waals surface area contributed by atoms with Gasteiger partial charge < -0.3 is 14.9 Å². The van der Waals surface area contributed by atoms with E-state index in [1.165, 1.54) is 12.1 Å². The average Bonchev–Trinajstić information content (AvgIpc) is 3.27. The maximum absolute atomic E-state index is 14.2. The highest BCUT2D eigenvalue weighted by Gasteiger charge is 2.34. The Bertz CT molecular complexity index is 1370. The highest BCUT2D eigenvalue weighted by Crippen LogP contribution is 2.33. The molecule has 3 aromatic carbocycles. The van der Waals surface area contributed by atoms with Gasteiger partial charge in [0.25, 0.3) is 5.89 Å². The van der Waals surface area contributed by atoms with Crippen molar-refractivity contribution in [1.29, 1.82) is 0 Å². The van der Waals surface area contributed by atoms with Crippen molar-refractivity contribution in [2.24, 2.45) is 0 Å². The van der Waals surface area contributed by atoms with Gasteiger partial charge in [-0.1, -0.05) is 11.2 Å². The molecular weight excluding hydrogens is 471 g/mol. The van der Waals surface area contributed by atoms with E-state index < -0.39 is 52.2 Å². The lowest BCUT2D eigenvalue weighted by Crippen LogP contribution is -2.10. The summed E-state index contributed by atoms with van der Waals surface area (Å²) in [4.78, 5) is 3.94. The number of benzene rings is 3. The van der Waals surface area contributed by atoms with E-state index in [4.69, 9.17) is 4.52 Å². The van der Waals surface area contributed by atoms with Crippen LogP contribution in [0.15, 0.2) is 53.1 Å². The van der Waals surface area contributed by atoms with Crippen LogP contribution < -0.4 is 5.32 Å². The quantitative estimate of drug-likeness (QED) is 0.326. The van der Waals surface area contributed by atoms with Gasteiger partial charge in [-0.25, -0.2) is 13.2 Å². The van der Waals surface area contributed by atoms with E-state index in [1.807, 2.05) is 0 Å². The van der Waals surface area contributed by atoms with Crippen LogP contribution in [0.25, 0.3) is 22.8 Å². The molecule has 34 heavy (non-hydrogen) atoms. The molecule has 4 aromatic rings. The normalized spacial score (nSPS) is 11.6. The SMILES string of the molecule is Oc1ccc(-c2nc(-c3ccc(F)c(NCc4ccc(F)c(C(F)(F)F)c4)c3)no2)c(F)c1F. The lowest BCUT2D eigenvalue weighted by atomic mass is 10.1. The van der Waals surface area contributed by atoms with Gasteiger partial charge in [-0.05, 0) is 48.0 Å². The zero-order chi connectivity index (χ0) is 24.6. The Hall–Kier alpha value is -4.09. The Morgan fingerprint density at radius 1 is 0.882 bits per heavy atom. The van der Waals surface area contributed by atoms with E-state index in [1.54, 1.807) is 0 Å². The van der Waals surface area contributed by atoms with Crippen LogP contribution in [-0.2, 0) is 12.7 Å². The van der Waals surface area contributed by atoms with E-state index >= 15 is 0 Å². The molecule has 0 fully saturated rings. The van der Waals surface area contributed by atoms with Crippen LogP contribution in [-0.4, -0.2) is 15.2 Å². The average molecular weight is 483 g/mol. The van der Waals surface area contributed by atoms with Crippen LogP contribution in [0, 0.1) is 23.3 Å². The molecule has 5 nitrogen and oxygen atoms in total. The third-order valence-corrected chi connectivity index (χ3v) is 4.76. The standard InChI is InChI=1S/C22H12F7N3O2/c23-14-4-1-10(7-13(14)22(27,28)29)9-30-16-8-11(2-5-15(16)24)20-31-21(34-32-20)12-3-6-17(33)19(26)18(12)25/h1-8,30,33H,9H2. The van der Waals surface area contributed by atoms with Crippen molar-refractivity contribution >= 4 is 5.69 Å². The maximum atomic E-state index is 14.2. The Balaban J connectivity index is 1.58. The second-order valence-corrected chi connectivity index (χ2v) is 7.04. The van der Waals surface area contributed by atoms with Gasteiger partial charge in [-0.2, -0.15) is 22.5 Å². The molecule has 0 radical (unpaired) electrons. The van der Waals surface area contributed by atoms with Crippen LogP contribution >= 0.6 is 0 Å². The second kappa shape index (κ2) is 8.69. The molecule has 1 aromatic heterocycles. The van der Waals surface area contributed by atoms with Gasteiger partial charge in [0.2, 0.25) is 11.6 Å². The number of anilines is 1. The Labute approximate surface area is 186 Å². The second-order valence-electron chi connectivity index (χ2n) is 7.04. The van der Waals surface area contributed by atoms with Gasteiger partial charge in [0.05, 0.1) is 16.8 Å². The van der Waals surface area contributed by atoms with E-state index in [9.17, 15) is 35.8 Å². The summed E-state index contributed by atoms with van der Waals surface area (Å²) >= 11 is 0. The highest BCUT2D eigenvalue weighted by atomic mass is 19.4. The molecule has 176 valence electrons. The number of hydrogen-bond acceptors (Lipinski definition) is 5. The summed E-state index contributed by atoms with van der Waals surface area (Å²) in [5.74, 6) is -6.52. The number of halogens is 7. The fraction of sp³-hybridized carbons (Fsp3) is 0.0909. The van der Waals surface area contributed by atoms with Crippen molar-refractivity contribution < 1.29 is 40.4 Å². The molecule has 4 rings (SSSR count). The summed E-state index contributed by atoms with van der Waals surface area (Å²) in [5, 5.41) is 15.5. The number of aromatic nitrogens is 2. The molecule has 12 heteroatoms. The highest BCUT2D eigenvalue weighted by molar-refractivity contribution is 5.65. The number of phenolic OH excluding ortho intramolecular Hbond substituents is 1. The van der Waals surface area contributed by atoms with Crippen molar-refractivity contribution in [3.05, 3.63) is 82.9 Å². The molecule has 0 aliphatic rings. The van der Waals surface area contributed by atoms with Crippen molar-refractivity contribution in [2.45, 2.75) is 12.7 Å². The first-order chi connectivity index (χ1) is 16.0. The van der Waals surface area contributed by atoms with Crippen molar-refractivity contribution in [3.63, 3.8) is 0 Å². The van der Waals surface area contributed by atoms with Crippen LogP contribution in [0.4, 0.5) is 36.4 Å². The zero-order valence-corrected chi connectivity index (χ0v) is 16.7. The summed E-state index contributed by atoms with van der Waals surface area (Å²) in [6.07, 6.45) is -4.89. The zero-order valence-electron chi connectivity index (χ0n) is 16.7. The van der Waals surface area contributed by atoms with Crippen LogP contribution in [0.3, 0.4) is 0 Å². The molecule has 0 saturated carbocycles. The molecule has 0 unspecified atom stereocenters. The number of rotatable bonds is 5. The fourth-order valence-corrected chi connectivity index (χ4v) is 3.05. The van der Waals surface area contributed by atoms with Gasteiger partial charge in [-0.3, -0.25) is 0 Å². The first-order valence-corrected chi connectivity index (χ1v) is 9.45. The van der Waals surface area contributed by atoms with E-state index in [0.717, 1.165) is 24.3 Å². The molecule has 0 spiro atoms. The summed E-state index contributed by atoms with van der Waals surface area (Å²) in [6, 6.07) is 7.85. The third kappa shape index (κ3) is 4.51. The van der Waals surface area contributed by atoms with Crippen molar-refractivity contribution in [3.8, 4) is 28.6 Å². The summed E-state index contributed by atoms with van der Waals surface area (Å²) in [7, 11) is 0. The summed E-state index contributed by atoms with van der Waals surface area (Å²) in [5.41, 5.74) is -1.76. The number of nitrogens with one attached hydrogen (secondary N) is 1. The van der Waals surface area contributed by atoms with Crippen LogP contribution in [0.2, 0.25) is 0 Å². The fourth-order valence-electron chi connectivity index (χ4n) is 3.05. The molecule has 1 heterocycles. The smallest absolute Gasteiger partial charge is 0.419 e. The van der Waals surface area contributed by atoms with Crippen LogP contribution in [0.5, 0.6) is 5.75 Å². The lowest BCUT2D eigenvalue weighted by molar-refractivity contribution is -0.140. The number of hydrogen-bond donors (Lipinski definition) is 2. The van der Waals surface area contributed by atoms with E-state index in [0.29, 0.717) is 12.1 Å². The minimum Gasteiger partial charge on any atom is -0.505 e. The topological polar surface area (TPSA) is 71.2 Å². The minimum atomic E-state index is -4.89. The number of nitrogens with zero attached hydrogens (tertiary/aromatic N) is 2. The van der Waals surface area contributed by atoms with Crippen molar-refractivity contribution in [1.82, 2.24) is 10.1 Å². The molecule has 0 amide bonds. The Morgan fingerprint density at radius 2 is 1.62 bits per heavy atom. The molecule has 0 bridgehead atoms. The summed E-state index contributed by atoms with van der Waals surface area (Å²) < 4.78 is 98.9. The minimum absolute atomic E-state index is 0.0465. The number of phenols is 1. The van der Waals surface area contributed by atoms with Gasteiger partial charge in [0.1, 0.15) is 11.6 Å². The van der Waals surface area contributed by atoms with Gasteiger partial charge in [0, 0.05) is 12.1 Å². The van der Waals surface area contributed by atoms with Gasteiger partial charge >= 0.3 is 6.18 Å². The van der Waals surface area contributed by atoms with Crippen LogP contribution in [0.1, 0.15) is 11.1 Å². The Kier molecular flexibility index (Phi) is 5.90. The predicted molar refractivity (Wildman–Crippen MR) is 105 cm³/mol. The number of aromatic hydroxyl groups is 1. The summed E-state index contributed by atoms with van der Waals surface area (Å²) in [6.45, 7) is -0.265. The third-order valence-electron chi connectivity index (χ3n) is 4.76. The maximum Gasteiger partial charge on any atom is 0.419 e. The monoisotopic (exact) mass is 483 g/mol. The van der Waals surface area contributed by atoms with E-state index in [2.05, 4.69) is 15.5 Å². The first kappa shape index (κ1) is 23.1. The molecule has 0 aliphatic carbocycles.